The molecule has 0 radical (unpaired) electrons. The van der Waals surface area contributed by atoms with Gasteiger partial charge in [0.1, 0.15) is 11.4 Å². The Labute approximate surface area is 179 Å². The van der Waals surface area contributed by atoms with E-state index < -0.39 is 15.8 Å². The second-order valence-corrected chi connectivity index (χ2v) is 8.43. The second-order valence-electron chi connectivity index (χ2n) is 6.12. The molecule has 4 aromatic rings. The summed E-state index contributed by atoms with van der Waals surface area (Å²) in [6, 6.07) is 10.1. The van der Waals surface area contributed by atoms with Gasteiger partial charge in [-0.05, 0) is 54.0 Å². The summed E-state index contributed by atoms with van der Waals surface area (Å²) >= 11 is 0.997. The number of pyridine rings is 1. The molecule has 13 heteroatoms. The first-order valence-corrected chi connectivity index (χ1v) is 10.9. The van der Waals surface area contributed by atoms with Gasteiger partial charge in [-0.1, -0.05) is 0 Å². The van der Waals surface area contributed by atoms with Crippen molar-refractivity contribution >= 4 is 54.5 Å². The molecule has 0 aliphatic heterocycles. The smallest absolute Gasteiger partial charge is 0.238 e. The minimum atomic E-state index is -3.89. The fourth-order valence-corrected chi connectivity index (χ4v) is 3.74. The number of primary sulfonamides is 1. The normalized spacial score (nSPS) is 12.3. The Kier molecular flexibility index (Phi) is 5.37. The molecule has 4 rings (SSSR count). The summed E-state index contributed by atoms with van der Waals surface area (Å²) in [6.45, 7) is 0. The number of rotatable bonds is 5. The molecule has 4 N–H and O–H groups in total. The van der Waals surface area contributed by atoms with Gasteiger partial charge in [0, 0.05) is 17.8 Å². The van der Waals surface area contributed by atoms with Crippen molar-refractivity contribution in [1.82, 2.24) is 9.36 Å². The minimum Gasteiger partial charge on any atom is -0.505 e. The van der Waals surface area contributed by atoms with E-state index in [-0.39, 0.29) is 22.0 Å². The maximum Gasteiger partial charge on any atom is 0.238 e. The summed E-state index contributed by atoms with van der Waals surface area (Å²) < 4.78 is 27.4. The van der Waals surface area contributed by atoms with Crippen LogP contribution in [0.2, 0.25) is 0 Å². The number of aromatic hydroxyl groups is 2. The fraction of sp³-hybridized carbons (Fsp3) is 0. The third-order valence-corrected chi connectivity index (χ3v) is 5.72. The van der Waals surface area contributed by atoms with Crippen LogP contribution >= 0.6 is 11.5 Å². The number of nitrogens with zero attached hydrogens (tertiary/aromatic N) is 6. The average molecular weight is 455 g/mol. The van der Waals surface area contributed by atoms with E-state index in [9.17, 15) is 18.6 Å². The zero-order chi connectivity index (χ0) is 22.0. The van der Waals surface area contributed by atoms with Crippen LogP contribution in [0, 0.1) is 0 Å². The second kappa shape index (κ2) is 8.14. The minimum absolute atomic E-state index is 0.0191. The number of benzene rings is 2. The highest BCUT2D eigenvalue weighted by Gasteiger charge is 2.14. The number of nitrogens with two attached hydrogens (primary N) is 1. The number of hydrogen-bond donors (Lipinski definition) is 3. The predicted octanol–water partition coefficient (Wildman–Crippen LogP) is 4.58. The van der Waals surface area contributed by atoms with Crippen LogP contribution in [0.25, 0.3) is 10.9 Å². The molecule has 156 valence electrons. The summed E-state index contributed by atoms with van der Waals surface area (Å²) in [6.07, 6.45) is 3.05. The van der Waals surface area contributed by atoms with Gasteiger partial charge in [-0.2, -0.15) is 9.49 Å². The maximum atomic E-state index is 11.6. The van der Waals surface area contributed by atoms with Crippen LogP contribution in [0.5, 0.6) is 11.5 Å². The van der Waals surface area contributed by atoms with Gasteiger partial charge in [0.15, 0.2) is 16.4 Å². The van der Waals surface area contributed by atoms with Crippen molar-refractivity contribution in [3.8, 4) is 11.5 Å². The van der Waals surface area contributed by atoms with Gasteiger partial charge in [-0.15, -0.1) is 15.3 Å². The van der Waals surface area contributed by atoms with E-state index >= 15 is 0 Å². The molecular weight excluding hydrogens is 442 g/mol. The quantitative estimate of drug-likeness (QED) is 0.371. The lowest BCUT2D eigenvalue weighted by Gasteiger charge is -2.03. The molecular formula is C18H13N7O4S2. The van der Waals surface area contributed by atoms with Crippen LogP contribution < -0.4 is 5.14 Å². The molecule has 0 unspecified atom stereocenters. The third kappa shape index (κ3) is 4.37. The van der Waals surface area contributed by atoms with Gasteiger partial charge < -0.3 is 10.2 Å². The zero-order valence-electron chi connectivity index (χ0n) is 15.5. The molecule has 0 fully saturated rings. The van der Waals surface area contributed by atoms with Crippen LogP contribution in [0.3, 0.4) is 0 Å². The molecule has 0 atom stereocenters. The van der Waals surface area contributed by atoms with E-state index in [0.717, 1.165) is 11.5 Å². The number of phenolic OH excluding ortho intramolecular Hbond substituents is 2. The van der Waals surface area contributed by atoms with Gasteiger partial charge in [0.05, 0.1) is 16.1 Å². The zero-order valence-corrected chi connectivity index (χ0v) is 17.1. The Morgan fingerprint density at radius 2 is 1.71 bits per heavy atom. The number of fused-ring (bicyclic) bond motifs is 1. The highest BCUT2D eigenvalue weighted by atomic mass is 32.2. The van der Waals surface area contributed by atoms with Crippen molar-refractivity contribution in [1.29, 1.82) is 0 Å². The predicted molar refractivity (Wildman–Crippen MR) is 113 cm³/mol. The summed E-state index contributed by atoms with van der Waals surface area (Å²) in [7, 11) is -3.89. The molecule has 0 aliphatic rings. The highest BCUT2D eigenvalue weighted by molar-refractivity contribution is 7.89. The Bertz CT molecular complexity index is 1430. The van der Waals surface area contributed by atoms with Crippen molar-refractivity contribution in [3.63, 3.8) is 0 Å². The Morgan fingerprint density at radius 3 is 2.45 bits per heavy atom. The topological polar surface area (TPSA) is 176 Å². The first-order chi connectivity index (χ1) is 14.8. The Balaban J connectivity index is 1.69. The first-order valence-electron chi connectivity index (χ1n) is 8.53. The van der Waals surface area contributed by atoms with Gasteiger partial charge in [-0.25, -0.2) is 13.6 Å². The van der Waals surface area contributed by atoms with Crippen molar-refractivity contribution in [3.05, 3.63) is 54.9 Å². The maximum absolute atomic E-state index is 11.6. The van der Waals surface area contributed by atoms with E-state index in [1.165, 1.54) is 42.7 Å². The largest absolute Gasteiger partial charge is 0.505 e. The van der Waals surface area contributed by atoms with Crippen LogP contribution in [0.15, 0.2) is 80.2 Å². The molecule has 0 aliphatic carbocycles. The molecule has 2 aromatic carbocycles. The molecule has 0 amide bonds. The summed E-state index contributed by atoms with van der Waals surface area (Å²) in [5.41, 5.74) is 0.834. The van der Waals surface area contributed by atoms with Gasteiger partial charge in [0.2, 0.25) is 10.0 Å². The monoisotopic (exact) mass is 455 g/mol. The van der Waals surface area contributed by atoms with Crippen LogP contribution in [-0.2, 0) is 10.0 Å². The third-order valence-electron chi connectivity index (χ3n) is 4.04. The van der Waals surface area contributed by atoms with E-state index in [4.69, 9.17) is 5.14 Å². The van der Waals surface area contributed by atoms with E-state index in [1.54, 1.807) is 12.1 Å². The van der Waals surface area contributed by atoms with Crippen molar-refractivity contribution in [2.75, 3.05) is 0 Å². The Morgan fingerprint density at radius 1 is 0.935 bits per heavy atom. The Hall–Kier alpha value is -3.81. The lowest BCUT2D eigenvalue weighted by Crippen LogP contribution is -2.11. The van der Waals surface area contributed by atoms with Gasteiger partial charge in [-0.3, -0.25) is 4.98 Å². The van der Waals surface area contributed by atoms with Gasteiger partial charge in [0.25, 0.3) is 0 Å². The van der Waals surface area contributed by atoms with E-state index in [1.807, 2.05) is 0 Å². The van der Waals surface area contributed by atoms with Gasteiger partial charge >= 0.3 is 0 Å². The van der Waals surface area contributed by atoms with Crippen LogP contribution in [0.1, 0.15) is 0 Å². The number of phenols is 2. The fourth-order valence-electron chi connectivity index (χ4n) is 2.51. The summed E-state index contributed by atoms with van der Waals surface area (Å²) in [5.74, 6) is -0.726. The summed E-state index contributed by atoms with van der Waals surface area (Å²) in [4.78, 5) is 3.79. The van der Waals surface area contributed by atoms with E-state index in [2.05, 4.69) is 29.8 Å². The number of aromatic nitrogens is 2. The van der Waals surface area contributed by atoms with Crippen molar-refractivity contribution in [2.24, 2.45) is 25.6 Å². The molecule has 0 saturated heterocycles. The molecule has 31 heavy (non-hydrogen) atoms. The number of sulfonamides is 1. The SMILES string of the molecule is NS(=O)(=O)c1ccc2nsc(/N=N/c3ccc(O)c(/N=N/c4ccncc4)c3O)c2c1. The van der Waals surface area contributed by atoms with Crippen LogP contribution in [-0.4, -0.2) is 28.0 Å². The molecule has 2 heterocycles. The van der Waals surface area contributed by atoms with Crippen LogP contribution in [0.4, 0.5) is 22.1 Å². The molecule has 0 spiro atoms. The van der Waals surface area contributed by atoms with Crippen molar-refractivity contribution in [2.45, 2.75) is 4.90 Å². The number of azo groups is 2. The lowest BCUT2D eigenvalue weighted by molar-refractivity contribution is 0.453. The molecule has 0 bridgehead atoms. The standard InChI is InChI=1S/C18H13N7O4S2/c19-31(28,29)11-1-2-13-12(9-11)18(30-25-13)24-22-14-3-4-15(26)16(17(14)27)23-21-10-5-7-20-8-6-10/h1-9,26-27H,(H2,19,28,29)/b23-21+,24-22+. The van der Waals surface area contributed by atoms with Crippen molar-refractivity contribution < 1.29 is 18.6 Å². The molecule has 0 saturated carbocycles. The average Bonchev–Trinajstić information content (AvgIpc) is 3.15. The van der Waals surface area contributed by atoms with E-state index in [0.29, 0.717) is 21.6 Å². The lowest BCUT2D eigenvalue weighted by atomic mass is 10.2. The number of hydrogen-bond acceptors (Lipinski definition) is 11. The first kappa shape index (κ1) is 20.5. The highest BCUT2D eigenvalue weighted by Crippen LogP contribution is 2.44. The molecule has 2 aromatic heterocycles. The summed E-state index contributed by atoms with van der Waals surface area (Å²) in [5, 5.41) is 42.3. The molecule has 11 nitrogen and oxygen atoms in total.